The molecule has 8 nitrogen and oxygen atoms in total. The van der Waals surface area contributed by atoms with Crippen LogP contribution in [0.1, 0.15) is 24.0 Å². The van der Waals surface area contributed by atoms with Crippen molar-refractivity contribution in [2.45, 2.75) is 31.8 Å². The summed E-state index contributed by atoms with van der Waals surface area (Å²) in [5, 5.41) is 11.8. The zero-order valence-electron chi connectivity index (χ0n) is 19.6. The van der Waals surface area contributed by atoms with Crippen LogP contribution in [0.25, 0.3) is 0 Å². The first-order chi connectivity index (χ1) is 17.1. The lowest BCUT2D eigenvalue weighted by Gasteiger charge is -2.32. The zero-order chi connectivity index (χ0) is 26.1. The van der Waals surface area contributed by atoms with Gasteiger partial charge in [-0.05, 0) is 35.4 Å². The molecule has 0 spiro atoms. The summed E-state index contributed by atoms with van der Waals surface area (Å²) in [6, 6.07) is 12.2. The van der Waals surface area contributed by atoms with Gasteiger partial charge in [0.2, 0.25) is 5.91 Å². The van der Waals surface area contributed by atoms with Crippen LogP contribution in [0.15, 0.2) is 48.5 Å². The number of carboxylic acid groups (broad SMARTS) is 1. The molecule has 0 radical (unpaired) electrons. The molecule has 36 heavy (non-hydrogen) atoms. The van der Waals surface area contributed by atoms with E-state index in [1.54, 1.807) is 29.2 Å². The second-order valence-electron chi connectivity index (χ2n) is 8.62. The van der Waals surface area contributed by atoms with Gasteiger partial charge in [-0.15, -0.1) is 0 Å². The fourth-order valence-electron chi connectivity index (χ4n) is 3.68. The molecule has 2 aromatic rings. The van der Waals surface area contributed by atoms with Gasteiger partial charge >= 0.3 is 12.1 Å². The van der Waals surface area contributed by atoms with Crippen LogP contribution in [0.5, 0.6) is 0 Å². The van der Waals surface area contributed by atoms with Crippen LogP contribution >= 0.6 is 0 Å². The van der Waals surface area contributed by atoms with Crippen molar-refractivity contribution >= 4 is 23.7 Å². The van der Waals surface area contributed by atoms with E-state index < -0.39 is 24.5 Å². The Kier molecular flexibility index (Phi) is 9.29. The van der Waals surface area contributed by atoms with Gasteiger partial charge in [0.05, 0.1) is 6.42 Å². The van der Waals surface area contributed by atoms with Crippen LogP contribution in [0.4, 0.5) is 23.7 Å². The highest BCUT2D eigenvalue weighted by molar-refractivity contribution is 5.92. The fourth-order valence-corrected chi connectivity index (χ4v) is 3.68. The molecule has 0 aliphatic carbocycles. The Balaban J connectivity index is 1.45. The number of nitrogens with one attached hydrogen (secondary N) is 1. The van der Waals surface area contributed by atoms with Crippen LogP contribution < -0.4 is 5.32 Å². The second kappa shape index (κ2) is 12.4. The number of aliphatic carboxylic acids is 1. The number of hydrogen-bond acceptors (Lipinski definition) is 5. The van der Waals surface area contributed by atoms with E-state index in [0.29, 0.717) is 16.8 Å². The van der Waals surface area contributed by atoms with Crippen molar-refractivity contribution in [1.29, 1.82) is 0 Å². The summed E-state index contributed by atoms with van der Waals surface area (Å²) in [6.07, 6.45) is -1.27. The molecule has 0 saturated carbocycles. The van der Waals surface area contributed by atoms with Gasteiger partial charge in [0, 0.05) is 44.7 Å². The Hall–Kier alpha value is -3.60. The number of nitrogens with zero attached hydrogens (tertiary/aromatic N) is 2. The molecule has 0 unspecified atom stereocenters. The number of amides is 2. The molecule has 2 amide bonds. The number of carbonyl (C=O) groups excluding carboxylic acids is 2. The van der Waals surface area contributed by atoms with Crippen molar-refractivity contribution in [2.24, 2.45) is 0 Å². The van der Waals surface area contributed by atoms with E-state index in [1.807, 2.05) is 0 Å². The van der Waals surface area contributed by atoms with E-state index in [1.165, 1.54) is 24.3 Å². The zero-order valence-corrected chi connectivity index (χ0v) is 19.6. The summed E-state index contributed by atoms with van der Waals surface area (Å²) in [6.45, 7) is -0.0252. The van der Waals surface area contributed by atoms with E-state index in [9.17, 15) is 27.6 Å². The van der Waals surface area contributed by atoms with E-state index in [0.717, 1.165) is 4.90 Å². The highest BCUT2D eigenvalue weighted by Gasteiger charge is 2.34. The molecule has 1 heterocycles. The Morgan fingerprint density at radius 3 is 2.22 bits per heavy atom. The van der Waals surface area contributed by atoms with Crippen molar-refractivity contribution in [1.82, 2.24) is 9.80 Å². The van der Waals surface area contributed by atoms with Gasteiger partial charge in [-0.2, -0.15) is 0 Å². The number of likely N-dealkylation sites (tertiary alicyclic amines) is 1. The summed E-state index contributed by atoms with van der Waals surface area (Å²) in [5.74, 6) is -4.55. The van der Waals surface area contributed by atoms with Crippen molar-refractivity contribution < 1.29 is 37.4 Å². The monoisotopic (exact) mass is 507 g/mol. The van der Waals surface area contributed by atoms with Crippen LogP contribution in [0.2, 0.25) is 0 Å². The van der Waals surface area contributed by atoms with Crippen LogP contribution in [0.3, 0.4) is 0 Å². The minimum Gasteiger partial charge on any atom is -0.480 e. The molecule has 1 fully saturated rings. The average Bonchev–Trinajstić information content (AvgIpc) is 2.83. The van der Waals surface area contributed by atoms with Gasteiger partial charge in [-0.25, -0.2) is 18.0 Å². The maximum atomic E-state index is 13.3. The maximum absolute atomic E-state index is 13.3. The summed E-state index contributed by atoms with van der Waals surface area (Å²) >= 11 is 0. The number of carboxylic acids is 1. The molecule has 1 saturated heterocycles. The minimum absolute atomic E-state index is 0.0374. The molecule has 0 bridgehead atoms. The van der Waals surface area contributed by atoms with Gasteiger partial charge in [0.1, 0.15) is 19.0 Å². The highest BCUT2D eigenvalue weighted by atomic mass is 19.3. The third-order valence-electron chi connectivity index (χ3n) is 5.74. The van der Waals surface area contributed by atoms with Gasteiger partial charge in [0.25, 0.3) is 5.92 Å². The number of ether oxygens (including phenoxy) is 1. The summed E-state index contributed by atoms with van der Waals surface area (Å²) in [4.78, 5) is 38.6. The maximum Gasteiger partial charge on any atom is 0.410 e. The summed E-state index contributed by atoms with van der Waals surface area (Å²) in [7, 11) is 0. The number of rotatable bonds is 10. The predicted octanol–water partition coefficient (Wildman–Crippen LogP) is 3.76. The Labute approximate surface area is 206 Å². The Bertz CT molecular complexity index is 1040. The molecular weight excluding hydrogens is 479 g/mol. The highest BCUT2D eigenvalue weighted by Crippen LogP contribution is 2.27. The second-order valence-corrected chi connectivity index (χ2v) is 8.62. The molecular formula is C25H28F3N3O5. The lowest BCUT2D eigenvalue weighted by Crippen LogP contribution is -2.45. The summed E-state index contributed by atoms with van der Waals surface area (Å²) < 4.78 is 44.8. The third-order valence-corrected chi connectivity index (χ3v) is 5.74. The predicted molar refractivity (Wildman–Crippen MR) is 125 cm³/mol. The van der Waals surface area contributed by atoms with E-state index in [-0.39, 0.29) is 63.8 Å². The first-order valence-corrected chi connectivity index (χ1v) is 11.5. The van der Waals surface area contributed by atoms with Crippen LogP contribution in [-0.2, 0) is 27.4 Å². The average molecular weight is 508 g/mol. The lowest BCUT2D eigenvalue weighted by molar-refractivity contribution is -0.138. The number of carbonyl (C=O) groups is 3. The fraction of sp³-hybridized carbons (Fsp3) is 0.400. The molecule has 0 atom stereocenters. The smallest absolute Gasteiger partial charge is 0.410 e. The number of halogens is 3. The third kappa shape index (κ3) is 8.88. The van der Waals surface area contributed by atoms with Crippen molar-refractivity contribution in [3.63, 3.8) is 0 Å². The Morgan fingerprint density at radius 2 is 1.61 bits per heavy atom. The van der Waals surface area contributed by atoms with Gasteiger partial charge < -0.3 is 20.1 Å². The van der Waals surface area contributed by atoms with Crippen molar-refractivity contribution in [3.05, 3.63) is 65.5 Å². The standard InChI is InChI=1S/C25H28F3N3O5/c26-20-5-1-18(2-6-20)15-22(32)29-21-7-3-19(4-8-21)17-36-24(35)31(16-23(33)34)14-13-30-11-9-25(27,28)10-12-30/h1-8H,9-17H2,(H,29,32)(H,33,34). The normalized spacial score (nSPS) is 15.2. The molecule has 11 heteroatoms. The number of alkyl halides is 2. The number of piperidine rings is 1. The molecule has 1 aliphatic rings. The van der Waals surface area contributed by atoms with Crippen LogP contribution in [-0.4, -0.2) is 71.5 Å². The number of hydrogen-bond donors (Lipinski definition) is 2. The molecule has 2 aromatic carbocycles. The lowest BCUT2D eigenvalue weighted by atomic mass is 10.1. The molecule has 2 N–H and O–H groups in total. The van der Waals surface area contributed by atoms with E-state index >= 15 is 0 Å². The van der Waals surface area contributed by atoms with Gasteiger partial charge in [0.15, 0.2) is 0 Å². The first-order valence-electron chi connectivity index (χ1n) is 11.5. The molecule has 1 aliphatic heterocycles. The minimum atomic E-state index is -2.68. The molecule has 194 valence electrons. The molecule has 0 aromatic heterocycles. The quantitative estimate of drug-likeness (QED) is 0.508. The van der Waals surface area contributed by atoms with Gasteiger partial charge in [-0.3, -0.25) is 14.5 Å². The first kappa shape index (κ1) is 27.0. The Morgan fingerprint density at radius 1 is 1.00 bits per heavy atom. The van der Waals surface area contributed by atoms with E-state index in [2.05, 4.69) is 5.32 Å². The number of benzene rings is 2. The van der Waals surface area contributed by atoms with Crippen LogP contribution in [0, 0.1) is 5.82 Å². The van der Waals surface area contributed by atoms with Crippen molar-refractivity contribution in [3.8, 4) is 0 Å². The molecule has 3 rings (SSSR count). The largest absolute Gasteiger partial charge is 0.480 e. The topological polar surface area (TPSA) is 99.2 Å². The SMILES string of the molecule is O=C(O)CN(CCN1CCC(F)(F)CC1)C(=O)OCc1ccc(NC(=O)Cc2ccc(F)cc2)cc1. The van der Waals surface area contributed by atoms with Gasteiger partial charge in [-0.1, -0.05) is 24.3 Å². The van der Waals surface area contributed by atoms with Crippen molar-refractivity contribution in [2.75, 3.05) is 38.0 Å². The number of anilines is 1. The van der Waals surface area contributed by atoms with E-state index in [4.69, 9.17) is 9.84 Å². The summed E-state index contributed by atoms with van der Waals surface area (Å²) in [5.41, 5.74) is 1.81.